The molecular formula is C11H12BrClN2. The molecule has 0 aliphatic carbocycles. The first-order valence-electron chi connectivity index (χ1n) is 4.76. The third-order valence-corrected chi connectivity index (χ3v) is 3.01. The van der Waals surface area contributed by atoms with Gasteiger partial charge in [0.05, 0.1) is 12.5 Å². The Morgan fingerprint density at radius 3 is 2.87 bits per heavy atom. The number of hydrogen-bond acceptors (Lipinski definition) is 2. The predicted octanol–water partition coefficient (Wildman–Crippen LogP) is 4.21. The Morgan fingerprint density at radius 2 is 2.33 bits per heavy atom. The molecule has 1 aromatic rings. The normalized spacial score (nSPS) is 11.9. The highest BCUT2D eigenvalue weighted by Gasteiger charge is 2.07. The lowest BCUT2D eigenvalue weighted by atomic mass is 10.1. The van der Waals surface area contributed by atoms with Crippen LogP contribution in [-0.2, 0) is 0 Å². The van der Waals surface area contributed by atoms with Gasteiger partial charge in [0.1, 0.15) is 0 Å². The molecule has 0 heterocycles. The first-order chi connectivity index (χ1) is 7.17. The third-order valence-electron chi connectivity index (χ3n) is 2.12. The molecule has 1 atom stereocenters. The van der Waals surface area contributed by atoms with Crippen molar-refractivity contribution in [2.75, 3.05) is 5.32 Å². The van der Waals surface area contributed by atoms with Crippen LogP contribution in [0.1, 0.15) is 19.8 Å². The summed E-state index contributed by atoms with van der Waals surface area (Å²) in [6, 6.07) is 7.93. The summed E-state index contributed by atoms with van der Waals surface area (Å²) >= 11 is 9.26. The van der Waals surface area contributed by atoms with Crippen molar-refractivity contribution in [1.82, 2.24) is 0 Å². The van der Waals surface area contributed by atoms with Gasteiger partial charge in [-0.15, -0.1) is 0 Å². The Kier molecular flexibility index (Phi) is 4.93. The third kappa shape index (κ3) is 3.73. The molecule has 0 amide bonds. The standard InChI is InChI=1S/C11H12BrClN2/c1-2-9(5-6-14)15-11-4-3-8(13)7-10(11)12/h3-4,7,9,15H,2,5H2,1H3. The highest BCUT2D eigenvalue weighted by molar-refractivity contribution is 9.10. The number of rotatable bonds is 4. The Morgan fingerprint density at radius 1 is 1.60 bits per heavy atom. The van der Waals surface area contributed by atoms with Gasteiger partial charge in [0, 0.05) is 21.2 Å². The van der Waals surface area contributed by atoms with E-state index in [-0.39, 0.29) is 6.04 Å². The molecule has 1 unspecified atom stereocenters. The summed E-state index contributed by atoms with van der Waals surface area (Å²) < 4.78 is 0.923. The van der Waals surface area contributed by atoms with Gasteiger partial charge in [-0.1, -0.05) is 18.5 Å². The monoisotopic (exact) mass is 286 g/mol. The van der Waals surface area contributed by atoms with Crippen LogP contribution in [0.5, 0.6) is 0 Å². The molecule has 0 saturated heterocycles. The molecule has 15 heavy (non-hydrogen) atoms. The van der Waals surface area contributed by atoms with E-state index in [1.165, 1.54) is 0 Å². The maximum Gasteiger partial charge on any atom is 0.0643 e. The Balaban J connectivity index is 2.75. The maximum atomic E-state index is 8.64. The van der Waals surface area contributed by atoms with E-state index in [4.69, 9.17) is 16.9 Å². The van der Waals surface area contributed by atoms with Gasteiger partial charge in [-0.2, -0.15) is 5.26 Å². The van der Waals surface area contributed by atoms with Crippen LogP contribution in [0.3, 0.4) is 0 Å². The lowest BCUT2D eigenvalue weighted by Crippen LogP contribution is -2.17. The first-order valence-corrected chi connectivity index (χ1v) is 5.93. The van der Waals surface area contributed by atoms with Crippen molar-refractivity contribution in [3.63, 3.8) is 0 Å². The van der Waals surface area contributed by atoms with Gasteiger partial charge in [0.15, 0.2) is 0 Å². The second-order valence-corrected chi connectivity index (χ2v) is 4.53. The molecule has 0 fully saturated rings. The molecule has 1 aromatic carbocycles. The molecule has 4 heteroatoms. The molecule has 2 nitrogen and oxygen atoms in total. The fourth-order valence-electron chi connectivity index (χ4n) is 1.23. The predicted molar refractivity (Wildman–Crippen MR) is 67.1 cm³/mol. The van der Waals surface area contributed by atoms with Crippen LogP contribution >= 0.6 is 27.5 Å². The number of halogens is 2. The zero-order chi connectivity index (χ0) is 11.3. The molecule has 0 spiro atoms. The number of nitrogens with one attached hydrogen (secondary N) is 1. The van der Waals surface area contributed by atoms with Crippen LogP contribution in [0.25, 0.3) is 0 Å². The highest BCUT2D eigenvalue weighted by Crippen LogP contribution is 2.27. The van der Waals surface area contributed by atoms with Gasteiger partial charge in [0.2, 0.25) is 0 Å². The second-order valence-electron chi connectivity index (χ2n) is 3.24. The van der Waals surface area contributed by atoms with E-state index in [2.05, 4.69) is 34.2 Å². The van der Waals surface area contributed by atoms with Crippen LogP contribution in [-0.4, -0.2) is 6.04 Å². The van der Waals surface area contributed by atoms with Crippen LogP contribution in [0.15, 0.2) is 22.7 Å². The molecule has 0 aromatic heterocycles. The Labute approximate surface area is 103 Å². The first kappa shape index (κ1) is 12.4. The van der Waals surface area contributed by atoms with Gasteiger partial charge in [-0.25, -0.2) is 0 Å². The molecule has 0 saturated carbocycles. The minimum absolute atomic E-state index is 0.187. The van der Waals surface area contributed by atoms with Crippen molar-refractivity contribution in [3.8, 4) is 6.07 Å². The van der Waals surface area contributed by atoms with Gasteiger partial charge >= 0.3 is 0 Å². The zero-order valence-corrected chi connectivity index (χ0v) is 10.8. The summed E-state index contributed by atoms with van der Waals surface area (Å²) in [4.78, 5) is 0. The fraction of sp³-hybridized carbons (Fsp3) is 0.364. The number of benzene rings is 1. The lowest BCUT2D eigenvalue weighted by molar-refractivity contribution is 0.711. The number of hydrogen-bond donors (Lipinski definition) is 1. The van der Waals surface area contributed by atoms with Gasteiger partial charge in [-0.3, -0.25) is 0 Å². The molecular weight excluding hydrogens is 275 g/mol. The molecule has 0 aliphatic heterocycles. The van der Waals surface area contributed by atoms with Crippen LogP contribution in [0.4, 0.5) is 5.69 Å². The number of anilines is 1. The van der Waals surface area contributed by atoms with E-state index in [1.807, 2.05) is 18.2 Å². The summed E-state index contributed by atoms with van der Waals surface area (Å²) in [5.41, 5.74) is 0.974. The van der Waals surface area contributed by atoms with E-state index in [0.29, 0.717) is 11.4 Å². The van der Waals surface area contributed by atoms with Crippen molar-refractivity contribution in [3.05, 3.63) is 27.7 Å². The maximum absolute atomic E-state index is 8.64. The van der Waals surface area contributed by atoms with Gasteiger partial charge in [0.25, 0.3) is 0 Å². The van der Waals surface area contributed by atoms with Crippen molar-refractivity contribution < 1.29 is 0 Å². The average Bonchev–Trinajstić information content (AvgIpc) is 2.21. The van der Waals surface area contributed by atoms with Crippen molar-refractivity contribution in [2.45, 2.75) is 25.8 Å². The SMILES string of the molecule is CCC(CC#N)Nc1ccc(Cl)cc1Br. The van der Waals surface area contributed by atoms with Crippen molar-refractivity contribution in [2.24, 2.45) is 0 Å². The summed E-state index contributed by atoms with van der Waals surface area (Å²) in [6.45, 7) is 2.05. The largest absolute Gasteiger partial charge is 0.380 e. The number of nitrogens with zero attached hydrogens (tertiary/aromatic N) is 1. The Hall–Kier alpha value is -0.720. The number of nitriles is 1. The van der Waals surface area contributed by atoms with Crippen LogP contribution in [0.2, 0.25) is 5.02 Å². The molecule has 0 bridgehead atoms. The summed E-state index contributed by atoms with van der Waals surface area (Å²) in [7, 11) is 0. The van der Waals surface area contributed by atoms with Crippen LogP contribution in [0, 0.1) is 11.3 Å². The quantitative estimate of drug-likeness (QED) is 0.900. The minimum atomic E-state index is 0.187. The van der Waals surface area contributed by atoms with Gasteiger partial charge < -0.3 is 5.32 Å². The lowest BCUT2D eigenvalue weighted by Gasteiger charge is -2.16. The molecule has 1 N–H and O–H groups in total. The summed E-state index contributed by atoms with van der Waals surface area (Å²) in [5.74, 6) is 0. The topological polar surface area (TPSA) is 35.8 Å². The molecule has 80 valence electrons. The van der Waals surface area contributed by atoms with E-state index in [1.54, 1.807) is 0 Å². The van der Waals surface area contributed by atoms with E-state index < -0.39 is 0 Å². The molecule has 0 radical (unpaired) electrons. The van der Waals surface area contributed by atoms with E-state index in [9.17, 15) is 0 Å². The minimum Gasteiger partial charge on any atom is -0.380 e. The smallest absolute Gasteiger partial charge is 0.0643 e. The summed E-state index contributed by atoms with van der Waals surface area (Å²) in [6.07, 6.45) is 1.42. The van der Waals surface area contributed by atoms with E-state index >= 15 is 0 Å². The summed E-state index contributed by atoms with van der Waals surface area (Å²) in [5, 5.41) is 12.6. The van der Waals surface area contributed by atoms with Crippen LogP contribution < -0.4 is 5.32 Å². The van der Waals surface area contributed by atoms with Crippen molar-refractivity contribution >= 4 is 33.2 Å². The van der Waals surface area contributed by atoms with Crippen molar-refractivity contribution in [1.29, 1.82) is 5.26 Å². The fourth-order valence-corrected chi connectivity index (χ4v) is 2.03. The second kappa shape index (κ2) is 5.99. The Bertz CT molecular complexity index is 373. The van der Waals surface area contributed by atoms with E-state index in [0.717, 1.165) is 16.6 Å². The zero-order valence-electron chi connectivity index (χ0n) is 8.43. The molecule has 0 aliphatic rings. The van der Waals surface area contributed by atoms with Gasteiger partial charge in [-0.05, 0) is 40.5 Å². The highest BCUT2D eigenvalue weighted by atomic mass is 79.9. The average molecular weight is 288 g/mol. The molecule has 1 rings (SSSR count).